The Balaban J connectivity index is 3.62. The Morgan fingerprint density at radius 1 is 0.933 bits per heavy atom. The van der Waals surface area contributed by atoms with Crippen LogP contribution in [-0.4, -0.2) is 5.11 Å². The summed E-state index contributed by atoms with van der Waals surface area (Å²) in [6.07, 6.45) is 0.631. The molecule has 1 aromatic rings. The summed E-state index contributed by atoms with van der Waals surface area (Å²) in [5.41, 5.74) is 7.75. The summed E-state index contributed by atoms with van der Waals surface area (Å²) in [4.78, 5) is 0. The number of benzene rings is 1. The molecular weight excluding hydrogens is 184 g/mol. The zero-order chi connectivity index (χ0) is 11.7. The summed E-state index contributed by atoms with van der Waals surface area (Å²) in [5, 5.41) is 9.86. The lowest BCUT2D eigenvalue weighted by molar-refractivity contribution is 0.197. The summed E-state index contributed by atoms with van der Waals surface area (Å²) >= 11 is 0. The van der Waals surface area contributed by atoms with Crippen LogP contribution >= 0.6 is 0 Å². The van der Waals surface area contributed by atoms with Crippen molar-refractivity contribution < 1.29 is 5.11 Å². The number of rotatable bonds is 2. The fourth-order valence-corrected chi connectivity index (χ4v) is 2.44. The van der Waals surface area contributed by atoms with Crippen molar-refractivity contribution in [1.82, 2.24) is 0 Å². The minimum atomic E-state index is -0.363. The van der Waals surface area contributed by atoms with E-state index >= 15 is 0 Å². The fourth-order valence-electron chi connectivity index (χ4n) is 2.44. The first kappa shape index (κ1) is 12.3. The van der Waals surface area contributed by atoms with E-state index < -0.39 is 0 Å². The van der Waals surface area contributed by atoms with Crippen LogP contribution in [0.4, 0.5) is 0 Å². The summed E-state index contributed by atoms with van der Waals surface area (Å²) in [7, 11) is 0. The number of hydrogen-bond donors (Lipinski definition) is 1. The van der Waals surface area contributed by atoms with Gasteiger partial charge in [0.2, 0.25) is 0 Å². The van der Waals surface area contributed by atoms with E-state index in [0.717, 1.165) is 12.0 Å². The third-order valence-electron chi connectivity index (χ3n) is 3.64. The van der Waals surface area contributed by atoms with Crippen molar-refractivity contribution in [1.29, 1.82) is 0 Å². The quantitative estimate of drug-likeness (QED) is 0.784. The predicted octanol–water partition coefficient (Wildman–Crippen LogP) is 3.54. The van der Waals surface area contributed by atoms with Crippen LogP contribution in [0.3, 0.4) is 0 Å². The van der Waals surface area contributed by atoms with Crippen molar-refractivity contribution in [3.05, 3.63) is 33.4 Å². The van der Waals surface area contributed by atoms with E-state index in [2.05, 4.69) is 34.6 Å². The van der Waals surface area contributed by atoms with E-state index in [1.807, 2.05) is 6.92 Å². The van der Waals surface area contributed by atoms with Crippen LogP contribution in [0.15, 0.2) is 0 Å². The normalized spacial score (nSPS) is 13.0. The fraction of sp³-hybridized carbons (Fsp3) is 0.571. The second-order valence-corrected chi connectivity index (χ2v) is 4.42. The number of hydrogen-bond acceptors (Lipinski definition) is 1. The average Bonchev–Trinajstić information content (AvgIpc) is 2.19. The van der Waals surface area contributed by atoms with E-state index in [1.165, 1.54) is 27.8 Å². The van der Waals surface area contributed by atoms with Gasteiger partial charge in [-0.25, -0.2) is 0 Å². The van der Waals surface area contributed by atoms with Gasteiger partial charge in [-0.2, -0.15) is 0 Å². The van der Waals surface area contributed by atoms with Gasteiger partial charge < -0.3 is 5.11 Å². The molecular formula is C14H22O. The van der Waals surface area contributed by atoms with E-state index in [-0.39, 0.29) is 6.10 Å². The lowest BCUT2D eigenvalue weighted by Crippen LogP contribution is -2.07. The minimum Gasteiger partial charge on any atom is -0.389 e. The molecule has 1 nitrogen and oxygen atoms in total. The SMILES string of the molecule is CCc1c(C)c(C)c(C)c(C)c1[C@H](C)O. The van der Waals surface area contributed by atoms with Gasteiger partial charge in [0.1, 0.15) is 0 Å². The second kappa shape index (κ2) is 4.36. The van der Waals surface area contributed by atoms with Crippen molar-refractivity contribution >= 4 is 0 Å². The summed E-state index contributed by atoms with van der Waals surface area (Å²) in [6, 6.07) is 0. The van der Waals surface area contributed by atoms with E-state index in [0.29, 0.717) is 0 Å². The highest BCUT2D eigenvalue weighted by Crippen LogP contribution is 2.31. The van der Waals surface area contributed by atoms with Crippen molar-refractivity contribution in [2.75, 3.05) is 0 Å². The molecule has 0 aliphatic heterocycles. The lowest BCUT2D eigenvalue weighted by Gasteiger charge is -2.21. The van der Waals surface area contributed by atoms with Crippen molar-refractivity contribution in [2.45, 2.75) is 54.1 Å². The van der Waals surface area contributed by atoms with E-state index in [9.17, 15) is 5.11 Å². The first-order valence-corrected chi connectivity index (χ1v) is 5.68. The Morgan fingerprint density at radius 3 is 1.80 bits per heavy atom. The molecule has 0 saturated carbocycles. The van der Waals surface area contributed by atoms with Gasteiger partial charge in [-0.1, -0.05) is 6.92 Å². The van der Waals surface area contributed by atoms with Crippen LogP contribution in [0.2, 0.25) is 0 Å². The van der Waals surface area contributed by atoms with Crippen LogP contribution in [0, 0.1) is 27.7 Å². The highest BCUT2D eigenvalue weighted by atomic mass is 16.3. The Bertz CT molecular complexity index is 376. The molecule has 0 spiro atoms. The molecule has 0 aliphatic rings. The molecule has 1 N–H and O–H groups in total. The van der Waals surface area contributed by atoms with Crippen LogP contribution in [-0.2, 0) is 6.42 Å². The maximum Gasteiger partial charge on any atom is 0.0767 e. The van der Waals surface area contributed by atoms with Gasteiger partial charge in [-0.15, -0.1) is 0 Å². The van der Waals surface area contributed by atoms with Gasteiger partial charge in [0.25, 0.3) is 0 Å². The molecule has 1 aromatic carbocycles. The molecule has 0 unspecified atom stereocenters. The molecule has 0 saturated heterocycles. The highest BCUT2D eigenvalue weighted by molar-refractivity contribution is 5.50. The molecule has 0 radical (unpaired) electrons. The highest BCUT2D eigenvalue weighted by Gasteiger charge is 2.16. The van der Waals surface area contributed by atoms with Gasteiger partial charge in [0.15, 0.2) is 0 Å². The van der Waals surface area contributed by atoms with Crippen LogP contribution in [0.1, 0.15) is 53.3 Å². The summed E-state index contributed by atoms with van der Waals surface area (Å²) in [5.74, 6) is 0. The molecule has 84 valence electrons. The number of aliphatic hydroxyl groups is 1. The Kier molecular flexibility index (Phi) is 3.56. The minimum absolute atomic E-state index is 0.363. The molecule has 1 rings (SSSR count). The molecule has 0 aliphatic carbocycles. The Labute approximate surface area is 93.1 Å². The maximum absolute atomic E-state index is 9.86. The van der Waals surface area contributed by atoms with Gasteiger partial charge >= 0.3 is 0 Å². The summed E-state index contributed by atoms with van der Waals surface area (Å²) in [6.45, 7) is 12.6. The molecule has 1 heteroatoms. The largest absolute Gasteiger partial charge is 0.389 e. The third-order valence-corrected chi connectivity index (χ3v) is 3.64. The molecule has 0 aromatic heterocycles. The van der Waals surface area contributed by atoms with Crippen LogP contribution in [0.5, 0.6) is 0 Å². The third kappa shape index (κ3) is 1.93. The maximum atomic E-state index is 9.86. The zero-order valence-electron chi connectivity index (χ0n) is 10.7. The molecule has 0 amide bonds. The summed E-state index contributed by atoms with van der Waals surface area (Å²) < 4.78 is 0. The smallest absolute Gasteiger partial charge is 0.0767 e. The topological polar surface area (TPSA) is 20.2 Å². The second-order valence-electron chi connectivity index (χ2n) is 4.42. The van der Waals surface area contributed by atoms with E-state index in [4.69, 9.17) is 0 Å². The van der Waals surface area contributed by atoms with Crippen LogP contribution in [0.25, 0.3) is 0 Å². The lowest BCUT2D eigenvalue weighted by atomic mass is 9.86. The van der Waals surface area contributed by atoms with Crippen molar-refractivity contribution in [3.8, 4) is 0 Å². The standard InChI is InChI=1S/C14H22O/c1-7-13-10(4)8(2)9(3)11(5)14(13)12(6)15/h12,15H,7H2,1-6H3/t12-/m0/s1. The molecule has 1 atom stereocenters. The van der Waals surface area contributed by atoms with Crippen molar-refractivity contribution in [2.24, 2.45) is 0 Å². The van der Waals surface area contributed by atoms with E-state index in [1.54, 1.807) is 0 Å². The Morgan fingerprint density at radius 2 is 1.40 bits per heavy atom. The zero-order valence-corrected chi connectivity index (χ0v) is 10.7. The van der Waals surface area contributed by atoms with Gasteiger partial charge in [0, 0.05) is 0 Å². The van der Waals surface area contributed by atoms with Gasteiger partial charge in [-0.3, -0.25) is 0 Å². The van der Waals surface area contributed by atoms with Gasteiger partial charge in [-0.05, 0) is 74.4 Å². The predicted molar refractivity (Wildman–Crippen MR) is 65.4 cm³/mol. The molecule has 0 bridgehead atoms. The first-order valence-electron chi connectivity index (χ1n) is 5.68. The van der Waals surface area contributed by atoms with Crippen LogP contribution < -0.4 is 0 Å². The molecule has 0 fully saturated rings. The van der Waals surface area contributed by atoms with Gasteiger partial charge in [0.05, 0.1) is 6.10 Å². The average molecular weight is 206 g/mol. The first-order chi connectivity index (χ1) is 6.91. The molecule has 0 heterocycles. The molecule has 15 heavy (non-hydrogen) atoms. The number of aliphatic hydroxyl groups excluding tert-OH is 1. The Hall–Kier alpha value is -0.820. The van der Waals surface area contributed by atoms with Crippen molar-refractivity contribution in [3.63, 3.8) is 0 Å². The monoisotopic (exact) mass is 206 g/mol.